The van der Waals surface area contributed by atoms with Gasteiger partial charge in [0.1, 0.15) is 10.6 Å². The van der Waals surface area contributed by atoms with Crippen molar-refractivity contribution in [1.82, 2.24) is 14.9 Å². The molecule has 2 aliphatic rings. The zero-order chi connectivity index (χ0) is 26.5. The number of carbonyl (C=O) groups excluding carboxylic acids is 2. The summed E-state index contributed by atoms with van der Waals surface area (Å²) in [5, 5.41) is 6.42. The van der Waals surface area contributed by atoms with E-state index in [1.165, 1.54) is 6.20 Å². The first kappa shape index (κ1) is 24.8. The third kappa shape index (κ3) is 4.91. The minimum absolute atomic E-state index is 0.0220. The fraction of sp³-hybridized carbons (Fsp3) is 0.280. The Bertz CT molecular complexity index is 1430. The molecule has 0 saturated carbocycles. The highest BCUT2D eigenvalue weighted by molar-refractivity contribution is 6.32. The van der Waals surface area contributed by atoms with E-state index in [-0.39, 0.29) is 24.1 Å². The molecule has 2 aliphatic heterocycles. The second-order valence-corrected chi connectivity index (χ2v) is 9.67. The summed E-state index contributed by atoms with van der Waals surface area (Å²) in [6, 6.07) is 10.4. The Hall–Kier alpha value is -3.86. The van der Waals surface area contributed by atoms with E-state index < -0.39 is 23.7 Å². The smallest absolute Gasteiger partial charge is 0.451 e. The molecule has 0 radical (unpaired) electrons. The Morgan fingerprint density at radius 3 is 2.59 bits per heavy atom. The zero-order valence-electron chi connectivity index (χ0n) is 19.7. The van der Waals surface area contributed by atoms with Crippen LogP contribution in [0.2, 0.25) is 5.02 Å². The summed E-state index contributed by atoms with van der Waals surface area (Å²) in [7, 11) is 0. The van der Waals surface area contributed by atoms with Gasteiger partial charge < -0.3 is 20.3 Å². The van der Waals surface area contributed by atoms with Crippen LogP contribution in [0.3, 0.4) is 0 Å². The number of hydrogen-bond acceptors (Lipinski definition) is 7. The molecule has 2 N–H and O–H groups in total. The normalized spacial score (nSPS) is 16.1. The zero-order valence-corrected chi connectivity index (χ0v) is 20.5. The van der Waals surface area contributed by atoms with Gasteiger partial charge in [0.2, 0.25) is 5.95 Å². The molecule has 2 aromatic carbocycles. The lowest BCUT2D eigenvalue weighted by molar-refractivity contribution is -0.186. The number of alkyl halides is 3. The van der Waals surface area contributed by atoms with Crippen LogP contribution < -0.4 is 10.6 Å². The monoisotopic (exact) mass is 531 g/mol. The molecule has 1 amide bonds. The Labute approximate surface area is 214 Å². The number of amides is 1. The second-order valence-electron chi connectivity index (χ2n) is 9.26. The van der Waals surface area contributed by atoms with Gasteiger partial charge >= 0.3 is 18.1 Å². The lowest BCUT2D eigenvalue weighted by Crippen LogP contribution is -2.43. The number of esters is 1. The van der Waals surface area contributed by atoms with Gasteiger partial charge in [0.05, 0.1) is 11.8 Å². The summed E-state index contributed by atoms with van der Waals surface area (Å²) in [5.41, 5.74) is 3.25. The summed E-state index contributed by atoms with van der Waals surface area (Å²) in [6.07, 6.45) is -3.18. The number of carbonyl (C=O) groups is 2. The fourth-order valence-electron chi connectivity index (χ4n) is 4.42. The standard InChI is InChI=1S/C25H21ClF3N5O3/c1-24(2)18-6-5-16(10-17(18)21(35)37-24)31-20-19(26)11-30-23(33-20)32-15-4-3-14-12-34(8-7-13(14)9-15)22(36)25(27,28)29/h3-6,9-11H,7-8,12H2,1-2H3,(H2,30,31,32,33). The number of hydrogen-bond donors (Lipinski definition) is 2. The van der Waals surface area contributed by atoms with Gasteiger partial charge in [-0.2, -0.15) is 18.2 Å². The van der Waals surface area contributed by atoms with Crippen LogP contribution in [-0.4, -0.2) is 39.5 Å². The predicted octanol–water partition coefficient (Wildman–Crippen LogP) is 5.47. The molecular formula is C25H21ClF3N5O3. The highest BCUT2D eigenvalue weighted by Crippen LogP contribution is 2.38. The first-order valence-corrected chi connectivity index (χ1v) is 11.7. The molecule has 0 atom stereocenters. The maximum atomic E-state index is 12.8. The van der Waals surface area contributed by atoms with Crippen LogP contribution in [0.5, 0.6) is 0 Å². The van der Waals surface area contributed by atoms with E-state index in [0.29, 0.717) is 34.7 Å². The largest absolute Gasteiger partial charge is 0.471 e. The Balaban J connectivity index is 1.32. The van der Waals surface area contributed by atoms with E-state index in [9.17, 15) is 22.8 Å². The third-order valence-electron chi connectivity index (χ3n) is 6.25. The van der Waals surface area contributed by atoms with Gasteiger partial charge in [0.25, 0.3) is 0 Å². The number of aromatic nitrogens is 2. The van der Waals surface area contributed by atoms with Crippen LogP contribution in [0.15, 0.2) is 42.6 Å². The first-order valence-electron chi connectivity index (χ1n) is 11.3. The van der Waals surface area contributed by atoms with Gasteiger partial charge in [-0.25, -0.2) is 9.78 Å². The number of cyclic esters (lactones) is 1. The molecule has 12 heteroatoms. The molecule has 3 heterocycles. The Kier molecular flexibility index (Phi) is 5.98. The van der Waals surface area contributed by atoms with E-state index in [0.717, 1.165) is 16.0 Å². The van der Waals surface area contributed by atoms with Crippen molar-refractivity contribution in [2.75, 3.05) is 17.2 Å². The number of rotatable bonds is 4. The van der Waals surface area contributed by atoms with Crippen LogP contribution in [0, 0.1) is 0 Å². The summed E-state index contributed by atoms with van der Waals surface area (Å²) in [6.45, 7) is 3.51. The topological polar surface area (TPSA) is 96.5 Å². The van der Waals surface area contributed by atoms with E-state index in [1.807, 2.05) is 19.9 Å². The van der Waals surface area contributed by atoms with Gasteiger partial charge in [-0.05, 0) is 55.7 Å². The van der Waals surface area contributed by atoms with Gasteiger partial charge in [-0.15, -0.1) is 0 Å². The molecule has 0 saturated heterocycles. The number of benzene rings is 2. The van der Waals surface area contributed by atoms with Crippen LogP contribution in [0.25, 0.3) is 0 Å². The molecule has 3 aromatic rings. The SMILES string of the molecule is CC1(C)OC(=O)c2cc(Nc3nc(Nc4ccc5c(c4)CCN(C(=O)C(F)(F)F)C5)ncc3Cl)ccc21. The number of halogens is 4. The van der Waals surface area contributed by atoms with E-state index >= 15 is 0 Å². The molecule has 8 nitrogen and oxygen atoms in total. The van der Waals surface area contributed by atoms with Crippen molar-refractivity contribution < 1.29 is 27.5 Å². The Morgan fingerprint density at radius 1 is 1.11 bits per heavy atom. The molecule has 0 aliphatic carbocycles. The predicted molar refractivity (Wildman–Crippen MR) is 130 cm³/mol. The van der Waals surface area contributed by atoms with E-state index in [1.54, 1.807) is 30.3 Å². The molecule has 1 aromatic heterocycles. The van der Waals surface area contributed by atoms with Crippen molar-refractivity contribution in [2.45, 2.75) is 38.6 Å². The van der Waals surface area contributed by atoms with Gasteiger partial charge in [-0.3, -0.25) is 4.79 Å². The molecule has 5 rings (SSSR count). The minimum atomic E-state index is -4.89. The number of fused-ring (bicyclic) bond motifs is 2. The number of ether oxygens (including phenoxy) is 1. The average Bonchev–Trinajstić information content (AvgIpc) is 3.07. The molecule has 0 bridgehead atoms. The average molecular weight is 532 g/mol. The van der Waals surface area contributed by atoms with Crippen LogP contribution in [0.1, 0.15) is 40.9 Å². The highest BCUT2D eigenvalue weighted by atomic mass is 35.5. The second kappa shape index (κ2) is 8.91. The van der Waals surface area contributed by atoms with Gasteiger partial charge in [-0.1, -0.05) is 23.7 Å². The van der Waals surface area contributed by atoms with Crippen LogP contribution in [-0.2, 0) is 28.1 Å². The van der Waals surface area contributed by atoms with Crippen molar-refractivity contribution in [1.29, 1.82) is 0 Å². The maximum absolute atomic E-state index is 12.8. The summed E-state index contributed by atoms with van der Waals surface area (Å²) in [5.74, 6) is -1.70. The van der Waals surface area contributed by atoms with Crippen molar-refractivity contribution >= 4 is 46.6 Å². The lowest BCUT2D eigenvalue weighted by Gasteiger charge is -2.29. The van der Waals surface area contributed by atoms with Crippen molar-refractivity contribution in [3.63, 3.8) is 0 Å². The summed E-state index contributed by atoms with van der Waals surface area (Å²) < 4.78 is 43.7. The summed E-state index contributed by atoms with van der Waals surface area (Å²) >= 11 is 6.29. The number of nitrogens with zero attached hydrogens (tertiary/aromatic N) is 3. The van der Waals surface area contributed by atoms with Gasteiger partial charge in [0.15, 0.2) is 5.82 Å². The number of anilines is 4. The third-order valence-corrected chi connectivity index (χ3v) is 6.52. The molecule has 192 valence electrons. The first-order chi connectivity index (χ1) is 17.4. The molecule has 0 unspecified atom stereocenters. The lowest BCUT2D eigenvalue weighted by atomic mass is 9.96. The Morgan fingerprint density at radius 2 is 1.84 bits per heavy atom. The van der Waals surface area contributed by atoms with E-state index in [2.05, 4.69) is 20.6 Å². The van der Waals surface area contributed by atoms with E-state index in [4.69, 9.17) is 16.3 Å². The van der Waals surface area contributed by atoms with Crippen molar-refractivity contribution in [3.8, 4) is 0 Å². The quantitative estimate of drug-likeness (QED) is 0.431. The molecule has 37 heavy (non-hydrogen) atoms. The molecule has 0 fully saturated rings. The van der Waals surface area contributed by atoms with Crippen molar-refractivity contribution in [3.05, 3.63) is 69.9 Å². The number of nitrogens with one attached hydrogen (secondary N) is 2. The van der Waals surface area contributed by atoms with Gasteiger partial charge in [0, 0.05) is 30.0 Å². The highest BCUT2D eigenvalue weighted by Gasteiger charge is 2.43. The molecular weight excluding hydrogens is 511 g/mol. The van der Waals surface area contributed by atoms with Crippen molar-refractivity contribution in [2.24, 2.45) is 0 Å². The molecule has 0 spiro atoms. The van der Waals surface area contributed by atoms with Crippen LogP contribution in [0.4, 0.5) is 36.3 Å². The minimum Gasteiger partial charge on any atom is -0.451 e. The maximum Gasteiger partial charge on any atom is 0.471 e. The fourth-order valence-corrected chi connectivity index (χ4v) is 4.56. The summed E-state index contributed by atoms with van der Waals surface area (Å²) in [4.78, 5) is 33.2. The van der Waals surface area contributed by atoms with Crippen LogP contribution >= 0.6 is 11.6 Å².